The highest BCUT2D eigenvalue weighted by molar-refractivity contribution is 5.66. The molecule has 0 aromatic carbocycles. The number of carbonyl (C=O) groups excluding carboxylic acids is 1. The molecule has 0 saturated carbocycles. The largest absolute Gasteiger partial charge is 0.460 e. The van der Waals surface area contributed by atoms with Crippen LogP contribution >= 0.6 is 0 Å². The van der Waals surface area contributed by atoms with Gasteiger partial charge in [-0.15, -0.1) is 0 Å². The summed E-state index contributed by atoms with van der Waals surface area (Å²) >= 11 is 0. The van der Waals surface area contributed by atoms with Crippen molar-refractivity contribution in [2.75, 3.05) is 13.2 Å². The van der Waals surface area contributed by atoms with Gasteiger partial charge in [0.25, 0.3) is 0 Å². The SMILES string of the molecule is CCC1(CCC[C@H](O)[C@@H](C)OC(C)=O)OCC(C)(C)CO1. The molecule has 0 unspecified atom stereocenters. The van der Waals surface area contributed by atoms with E-state index >= 15 is 0 Å². The van der Waals surface area contributed by atoms with Crippen molar-refractivity contribution in [1.29, 1.82) is 0 Å². The fraction of sp³-hybridized carbons (Fsp3) is 0.938. The van der Waals surface area contributed by atoms with Gasteiger partial charge in [0.2, 0.25) is 0 Å². The van der Waals surface area contributed by atoms with Crippen LogP contribution in [0, 0.1) is 5.41 Å². The van der Waals surface area contributed by atoms with Gasteiger partial charge < -0.3 is 19.3 Å². The third kappa shape index (κ3) is 5.93. The van der Waals surface area contributed by atoms with Crippen molar-refractivity contribution < 1.29 is 24.1 Å². The second-order valence-corrected chi connectivity index (χ2v) is 6.78. The lowest BCUT2D eigenvalue weighted by molar-refractivity contribution is -0.303. The Hall–Kier alpha value is -0.650. The highest BCUT2D eigenvalue weighted by Crippen LogP contribution is 2.35. The van der Waals surface area contributed by atoms with Gasteiger partial charge in [-0.3, -0.25) is 4.79 Å². The Morgan fingerprint density at radius 1 is 1.33 bits per heavy atom. The van der Waals surface area contributed by atoms with E-state index in [0.717, 1.165) is 19.3 Å². The van der Waals surface area contributed by atoms with E-state index in [9.17, 15) is 9.90 Å². The zero-order valence-electron chi connectivity index (χ0n) is 14.0. The van der Waals surface area contributed by atoms with Gasteiger partial charge in [-0.2, -0.15) is 0 Å². The minimum Gasteiger partial charge on any atom is -0.460 e. The topological polar surface area (TPSA) is 65.0 Å². The monoisotopic (exact) mass is 302 g/mol. The van der Waals surface area contributed by atoms with Crippen molar-refractivity contribution in [3.8, 4) is 0 Å². The molecule has 0 aromatic rings. The third-order valence-electron chi connectivity index (χ3n) is 3.94. The predicted molar refractivity (Wildman–Crippen MR) is 79.8 cm³/mol. The number of carbonyl (C=O) groups is 1. The Morgan fingerprint density at radius 2 is 1.90 bits per heavy atom. The number of esters is 1. The smallest absolute Gasteiger partial charge is 0.302 e. The van der Waals surface area contributed by atoms with Crippen LogP contribution in [0.3, 0.4) is 0 Å². The second kappa shape index (κ2) is 7.56. The summed E-state index contributed by atoms with van der Waals surface area (Å²) in [6, 6.07) is 0. The van der Waals surface area contributed by atoms with Gasteiger partial charge in [0.15, 0.2) is 5.79 Å². The van der Waals surface area contributed by atoms with Crippen molar-refractivity contribution in [2.45, 2.75) is 78.3 Å². The average Bonchev–Trinajstić information content (AvgIpc) is 2.40. The Balaban J connectivity index is 2.37. The molecule has 21 heavy (non-hydrogen) atoms. The number of rotatable bonds is 7. The van der Waals surface area contributed by atoms with E-state index in [0.29, 0.717) is 19.6 Å². The van der Waals surface area contributed by atoms with E-state index in [1.54, 1.807) is 6.92 Å². The first-order chi connectivity index (χ1) is 9.70. The van der Waals surface area contributed by atoms with E-state index in [4.69, 9.17) is 14.2 Å². The summed E-state index contributed by atoms with van der Waals surface area (Å²) in [4.78, 5) is 10.9. The third-order valence-corrected chi connectivity index (χ3v) is 3.94. The zero-order chi connectivity index (χ0) is 16.1. The van der Waals surface area contributed by atoms with Crippen LogP contribution in [0.25, 0.3) is 0 Å². The molecule has 1 heterocycles. The van der Waals surface area contributed by atoms with Gasteiger partial charge in [-0.25, -0.2) is 0 Å². The molecule has 0 bridgehead atoms. The normalized spacial score (nSPS) is 23.3. The lowest BCUT2D eigenvalue weighted by Gasteiger charge is -2.43. The van der Waals surface area contributed by atoms with Crippen LogP contribution in [0.4, 0.5) is 0 Å². The van der Waals surface area contributed by atoms with Crippen molar-refractivity contribution in [1.82, 2.24) is 0 Å². The van der Waals surface area contributed by atoms with E-state index in [1.807, 2.05) is 0 Å². The average molecular weight is 302 g/mol. The van der Waals surface area contributed by atoms with Crippen molar-refractivity contribution in [3.63, 3.8) is 0 Å². The first kappa shape index (κ1) is 18.4. The molecule has 2 atom stereocenters. The number of hydrogen-bond acceptors (Lipinski definition) is 5. The van der Waals surface area contributed by atoms with Crippen LogP contribution in [0.5, 0.6) is 0 Å². The van der Waals surface area contributed by atoms with Gasteiger partial charge in [-0.05, 0) is 26.2 Å². The Bertz CT molecular complexity index is 330. The molecule has 0 aromatic heterocycles. The molecule has 0 spiro atoms. The number of aliphatic hydroxyl groups is 1. The minimum absolute atomic E-state index is 0.0576. The molecule has 1 aliphatic heterocycles. The summed E-state index contributed by atoms with van der Waals surface area (Å²) in [5, 5.41) is 9.98. The van der Waals surface area contributed by atoms with Gasteiger partial charge in [-0.1, -0.05) is 20.8 Å². The number of hydrogen-bond donors (Lipinski definition) is 1. The van der Waals surface area contributed by atoms with Crippen LogP contribution < -0.4 is 0 Å². The van der Waals surface area contributed by atoms with E-state index in [-0.39, 0.29) is 11.4 Å². The molecule has 1 saturated heterocycles. The maximum absolute atomic E-state index is 10.9. The summed E-state index contributed by atoms with van der Waals surface area (Å²) in [6.07, 6.45) is 1.73. The summed E-state index contributed by atoms with van der Waals surface area (Å²) in [5.41, 5.74) is 0.0576. The molecule has 124 valence electrons. The van der Waals surface area contributed by atoms with Gasteiger partial charge in [0.05, 0.1) is 19.3 Å². The van der Waals surface area contributed by atoms with E-state index in [1.165, 1.54) is 6.92 Å². The van der Waals surface area contributed by atoms with E-state index in [2.05, 4.69) is 20.8 Å². The van der Waals surface area contributed by atoms with Gasteiger partial charge >= 0.3 is 5.97 Å². The lowest BCUT2D eigenvalue weighted by Crippen LogP contribution is -2.47. The first-order valence-electron chi connectivity index (χ1n) is 7.83. The summed E-state index contributed by atoms with van der Waals surface area (Å²) in [5.74, 6) is -0.896. The Labute approximate surface area is 128 Å². The lowest BCUT2D eigenvalue weighted by atomic mass is 9.93. The fourth-order valence-corrected chi connectivity index (χ4v) is 2.42. The minimum atomic E-state index is -0.650. The van der Waals surface area contributed by atoms with Crippen LogP contribution in [-0.2, 0) is 19.0 Å². The fourth-order valence-electron chi connectivity index (χ4n) is 2.42. The Kier molecular flexibility index (Phi) is 6.63. The zero-order valence-corrected chi connectivity index (χ0v) is 14.0. The molecule has 5 nitrogen and oxygen atoms in total. The van der Waals surface area contributed by atoms with Gasteiger partial charge in [0, 0.05) is 18.8 Å². The van der Waals surface area contributed by atoms with Crippen molar-refractivity contribution in [3.05, 3.63) is 0 Å². The molecule has 1 rings (SSSR count). The highest BCUT2D eigenvalue weighted by Gasteiger charge is 2.38. The highest BCUT2D eigenvalue weighted by atomic mass is 16.7. The summed E-state index contributed by atoms with van der Waals surface area (Å²) in [7, 11) is 0. The molecule has 0 amide bonds. The standard InChI is InChI=1S/C16H30O5/c1-6-16(19-10-15(4,5)11-20-16)9-7-8-14(18)12(2)21-13(3)17/h12,14,18H,6-11H2,1-5H3/t12-,14+/m1/s1. The molecular weight excluding hydrogens is 272 g/mol. The quantitative estimate of drug-likeness (QED) is 0.732. The van der Waals surface area contributed by atoms with Crippen LogP contribution in [0.1, 0.15) is 60.3 Å². The summed E-state index contributed by atoms with van der Waals surface area (Å²) in [6.45, 7) is 10.7. The first-order valence-corrected chi connectivity index (χ1v) is 7.83. The van der Waals surface area contributed by atoms with Gasteiger partial charge in [0.1, 0.15) is 6.10 Å². The second-order valence-electron chi connectivity index (χ2n) is 6.78. The molecule has 0 aliphatic carbocycles. The molecule has 1 fully saturated rings. The summed E-state index contributed by atoms with van der Waals surface area (Å²) < 4.78 is 16.9. The molecule has 0 radical (unpaired) electrons. The molecular formula is C16H30O5. The Morgan fingerprint density at radius 3 is 2.38 bits per heavy atom. The van der Waals surface area contributed by atoms with E-state index < -0.39 is 18.0 Å². The van der Waals surface area contributed by atoms with Crippen LogP contribution in [-0.4, -0.2) is 42.3 Å². The maximum atomic E-state index is 10.9. The van der Waals surface area contributed by atoms with Crippen LogP contribution in [0.15, 0.2) is 0 Å². The molecule has 1 aliphatic rings. The van der Waals surface area contributed by atoms with Crippen molar-refractivity contribution in [2.24, 2.45) is 5.41 Å². The maximum Gasteiger partial charge on any atom is 0.302 e. The predicted octanol–water partition coefficient (Wildman–Crippen LogP) is 2.65. The number of ether oxygens (including phenoxy) is 3. The molecule has 5 heteroatoms. The number of aliphatic hydroxyl groups excluding tert-OH is 1. The molecule has 1 N–H and O–H groups in total. The van der Waals surface area contributed by atoms with Crippen molar-refractivity contribution >= 4 is 5.97 Å². The van der Waals surface area contributed by atoms with Crippen LogP contribution in [0.2, 0.25) is 0 Å².